The SMILES string of the molecule is COCCOCCOC(=O)C(C)SC. The molecule has 0 heterocycles. The van der Waals surface area contributed by atoms with Crippen molar-refractivity contribution in [3.05, 3.63) is 0 Å². The number of esters is 1. The zero-order chi connectivity index (χ0) is 10.8. The average Bonchev–Trinajstić information content (AvgIpc) is 2.21. The summed E-state index contributed by atoms with van der Waals surface area (Å²) in [6, 6.07) is 0. The fourth-order valence-electron chi connectivity index (χ4n) is 0.659. The van der Waals surface area contributed by atoms with Crippen molar-refractivity contribution in [3.63, 3.8) is 0 Å². The molecule has 0 saturated heterocycles. The summed E-state index contributed by atoms with van der Waals surface area (Å²) < 4.78 is 14.9. The molecule has 0 bridgehead atoms. The molecule has 0 aliphatic rings. The number of rotatable bonds is 8. The Kier molecular flexibility index (Phi) is 9.13. The van der Waals surface area contributed by atoms with Gasteiger partial charge in [-0.3, -0.25) is 4.79 Å². The van der Waals surface area contributed by atoms with Crippen molar-refractivity contribution >= 4 is 17.7 Å². The molecule has 0 N–H and O–H groups in total. The molecule has 4 nitrogen and oxygen atoms in total. The number of hydrogen-bond donors (Lipinski definition) is 0. The summed E-state index contributed by atoms with van der Waals surface area (Å²) in [5.74, 6) is -0.187. The van der Waals surface area contributed by atoms with Gasteiger partial charge in [0.2, 0.25) is 0 Å². The van der Waals surface area contributed by atoms with E-state index in [9.17, 15) is 4.79 Å². The van der Waals surface area contributed by atoms with Crippen LogP contribution in [0.5, 0.6) is 0 Å². The lowest BCUT2D eigenvalue weighted by Gasteiger charge is -2.08. The molecule has 0 fully saturated rings. The molecule has 0 amide bonds. The number of ether oxygens (including phenoxy) is 3. The minimum absolute atomic E-state index is 0.103. The zero-order valence-electron chi connectivity index (χ0n) is 8.95. The Morgan fingerprint density at radius 3 is 2.50 bits per heavy atom. The highest BCUT2D eigenvalue weighted by Crippen LogP contribution is 2.06. The summed E-state index contributed by atoms with van der Waals surface area (Å²) in [6.45, 7) is 3.66. The van der Waals surface area contributed by atoms with Crippen molar-refractivity contribution < 1.29 is 19.0 Å². The van der Waals surface area contributed by atoms with Crippen molar-refractivity contribution in [2.24, 2.45) is 0 Å². The molecule has 1 atom stereocenters. The molecule has 1 unspecified atom stereocenters. The maximum atomic E-state index is 11.1. The molecule has 14 heavy (non-hydrogen) atoms. The number of methoxy groups -OCH3 is 1. The zero-order valence-corrected chi connectivity index (χ0v) is 9.76. The Balaban J connectivity index is 3.23. The molecule has 84 valence electrons. The predicted octanol–water partition coefficient (Wildman–Crippen LogP) is 0.944. The van der Waals surface area contributed by atoms with Crippen LogP contribution in [0, 0.1) is 0 Å². The van der Waals surface area contributed by atoms with Crippen LogP contribution in [-0.4, -0.2) is 51.0 Å². The first-order chi connectivity index (χ1) is 6.72. The van der Waals surface area contributed by atoms with E-state index < -0.39 is 0 Å². The van der Waals surface area contributed by atoms with Gasteiger partial charge in [0.25, 0.3) is 0 Å². The summed E-state index contributed by atoms with van der Waals surface area (Å²) in [6.07, 6.45) is 1.88. The van der Waals surface area contributed by atoms with E-state index >= 15 is 0 Å². The first-order valence-corrected chi connectivity index (χ1v) is 5.77. The molecular formula is C9H18O4S. The second kappa shape index (κ2) is 9.30. The van der Waals surface area contributed by atoms with Gasteiger partial charge in [-0.15, -0.1) is 0 Å². The minimum atomic E-state index is -0.187. The first-order valence-electron chi connectivity index (χ1n) is 4.48. The van der Waals surface area contributed by atoms with Gasteiger partial charge in [0.1, 0.15) is 6.61 Å². The lowest BCUT2D eigenvalue weighted by molar-refractivity contribution is -0.144. The average molecular weight is 222 g/mol. The molecular weight excluding hydrogens is 204 g/mol. The quantitative estimate of drug-likeness (QED) is 0.452. The van der Waals surface area contributed by atoms with Crippen molar-refractivity contribution in [2.75, 3.05) is 39.8 Å². The van der Waals surface area contributed by atoms with Crippen molar-refractivity contribution in [2.45, 2.75) is 12.2 Å². The summed E-state index contributed by atoms with van der Waals surface area (Å²) in [5.41, 5.74) is 0. The van der Waals surface area contributed by atoms with Crippen molar-refractivity contribution in [1.82, 2.24) is 0 Å². The molecule has 0 rings (SSSR count). The van der Waals surface area contributed by atoms with Crippen LogP contribution >= 0.6 is 11.8 Å². The van der Waals surface area contributed by atoms with Gasteiger partial charge in [-0.25, -0.2) is 0 Å². The maximum absolute atomic E-state index is 11.1. The van der Waals surface area contributed by atoms with E-state index in [1.54, 1.807) is 7.11 Å². The number of carbonyl (C=O) groups is 1. The Hall–Kier alpha value is -0.260. The summed E-state index contributed by atoms with van der Waals surface area (Å²) in [4.78, 5) is 11.1. The lowest BCUT2D eigenvalue weighted by Crippen LogP contribution is -2.19. The van der Waals surface area contributed by atoms with E-state index in [0.717, 1.165) is 0 Å². The smallest absolute Gasteiger partial charge is 0.318 e. The predicted molar refractivity (Wildman–Crippen MR) is 56.6 cm³/mol. The molecule has 5 heteroatoms. The highest BCUT2D eigenvalue weighted by Gasteiger charge is 2.11. The normalized spacial score (nSPS) is 12.5. The fourth-order valence-corrected chi connectivity index (χ4v) is 0.920. The van der Waals surface area contributed by atoms with E-state index in [1.165, 1.54) is 11.8 Å². The summed E-state index contributed by atoms with van der Waals surface area (Å²) >= 11 is 1.47. The van der Waals surface area contributed by atoms with Crippen molar-refractivity contribution in [3.8, 4) is 0 Å². The molecule has 0 aromatic rings. The van der Waals surface area contributed by atoms with Gasteiger partial charge in [-0.1, -0.05) is 0 Å². The second-order valence-electron chi connectivity index (χ2n) is 2.65. The maximum Gasteiger partial charge on any atom is 0.318 e. The Labute approximate surface area is 89.3 Å². The van der Waals surface area contributed by atoms with Crippen LogP contribution in [0.2, 0.25) is 0 Å². The highest BCUT2D eigenvalue weighted by molar-refractivity contribution is 7.99. The molecule has 0 aliphatic heterocycles. The van der Waals surface area contributed by atoms with E-state index in [1.807, 2.05) is 13.2 Å². The third-order valence-electron chi connectivity index (χ3n) is 1.59. The van der Waals surface area contributed by atoms with Crippen molar-refractivity contribution in [1.29, 1.82) is 0 Å². The molecule has 0 aromatic heterocycles. The van der Waals surface area contributed by atoms with Crippen LogP contribution in [0.25, 0.3) is 0 Å². The number of hydrogen-bond acceptors (Lipinski definition) is 5. The Morgan fingerprint density at radius 2 is 1.93 bits per heavy atom. The van der Waals surface area contributed by atoms with E-state index in [4.69, 9.17) is 14.2 Å². The molecule has 0 aromatic carbocycles. The largest absolute Gasteiger partial charge is 0.462 e. The molecule has 0 saturated carbocycles. The van der Waals surface area contributed by atoms with Gasteiger partial charge in [-0.2, -0.15) is 11.8 Å². The summed E-state index contributed by atoms with van der Waals surface area (Å²) in [7, 11) is 1.61. The van der Waals surface area contributed by atoms with E-state index in [0.29, 0.717) is 26.4 Å². The second-order valence-corrected chi connectivity index (χ2v) is 3.83. The van der Waals surface area contributed by atoms with Crippen LogP contribution < -0.4 is 0 Å². The van der Waals surface area contributed by atoms with Crippen LogP contribution in [0.15, 0.2) is 0 Å². The van der Waals surface area contributed by atoms with Gasteiger partial charge < -0.3 is 14.2 Å². The first kappa shape index (κ1) is 13.7. The fraction of sp³-hybridized carbons (Fsp3) is 0.889. The third-order valence-corrected chi connectivity index (χ3v) is 2.49. The topological polar surface area (TPSA) is 44.8 Å². The minimum Gasteiger partial charge on any atom is -0.462 e. The number of carbonyl (C=O) groups excluding carboxylic acids is 1. The Morgan fingerprint density at radius 1 is 1.29 bits per heavy atom. The van der Waals surface area contributed by atoms with E-state index in [2.05, 4.69) is 0 Å². The molecule has 0 aliphatic carbocycles. The summed E-state index contributed by atoms with van der Waals surface area (Å²) in [5, 5.41) is -0.103. The van der Waals surface area contributed by atoms with Crippen LogP contribution in [0.3, 0.4) is 0 Å². The van der Waals surface area contributed by atoms with Gasteiger partial charge in [0.05, 0.1) is 25.1 Å². The molecule has 0 spiro atoms. The Bertz CT molecular complexity index is 152. The number of thioether (sulfide) groups is 1. The lowest BCUT2D eigenvalue weighted by atomic mass is 10.5. The van der Waals surface area contributed by atoms with Crippen LogP contribution in [0.1, 0.15) is 6.92 Å². The standard InChI is InChI=1S/C9H18O4S/c1-8(14-3)9(10)13-7-6-12-5-4-11-2/h8H,4-7H2,1-3H3. The van der Waals surface area contributed by atoms with Gasteiger partial charge in [0, 0.05) is 7.11 Å². The van der Waals surface area contributed by atoms with Gasteiger partial charge in [0.15, 0.2) is 0 Å². The van der Waals surface area contributed by atoms with Crippen LogP contribution in [0.4, 0.5) is 0 Å². The van der Waals surface area contributed by atoms with Gasteiger partial charge >= 0.3 is 5.97 Å². The van der Waals surface area contributed by atoms with Crippen LogP contribution in [-0.2, 0) is 19.0 Å². The highest BCUT2D eigenvalue weighted by atomic mass is 32.2. The monoisotopic (exact) mass is 222 g/mol. The van der Waals surface area contributed by atoms with E-state index in [-0.39, 0.29) is 11.2 Å². The molecule has 0 radical (unpaired) electrons. The van der Waals surface area contributed by atoms with Gasteiger partial charge in [-0.05, 0) is 13.2 Å². The third kappa shape index (κ3) is 7.17.